The van der Waals surface area contributed by atoms with Crippen LogP contribution in [0.25, 0.3) is 28.5 Å². The highest BCUT2D eigenvalue weighted by Gasteiger charge is 2.25. The third-order valence-electron chi connectivity index (χ3n) is 3.50. The molecule has 3 aromatic rings. The molecule has 9 heteroatoms. The number of carbonyl (C=O) groups excluding carboxylic acids is 2. The van der Waals surface area contributed by atoms with E-state index >= 15 is 0 Å². The van der Waals surface area contributed by atoms with Gasteiger partial charge in [-0.1, -0.05) is 23.2 Å². The van der Waals surface area contributed by atoms with Crippen molar-refractivity contribution >= 4 is 63.2 Å². The molecule has 0 spiro atoms. The third-order valence-corrected chi connectivity index (χ3v) is 5.04. The number of amides is 2. The van der Waals surface area contributed by atoms with E-state index < -0.39 is 5.91 Å². The molecule has 3 heterocycles. The number of nitrogens with zero attached hydrogens (tertiary/aromatic N) is 2. The Balaban J connectivity index is 1.65. The Morgan fingerprint density at radius 2 is 1.92 bits per heavy atom. The van der Waals surface area contributed by atoms with Crippen LogP contribution in [0, 0.1) is 0 Å². The fourth-order valence-corrected chi connectivity index (χ4v) is 3.32. The van der Waals surface area contributed by atoms with E-state index in [0.717, 1.165) is 22.8 Å². The van der Waals surface area contributed by atoms with E-state index in [1.165, 1.54) is 0 Å². The van der Waals surface area contributed by atoms with Crippen molar-refractivity contribution in [1.82, 2.24) is 20.3 Å². The van der Waals surface area contributed by atoms with Gasteiger partial charge in [0.2, 0.25) is 0 Å². The molecule has 0 radical (unpaired) electrons. The largest absolute Gasteiger partial charge is 0.338 e. The van der Waals surface area contributed by atoms with Gasteiger partial charge >= 0.3 is 0 Å². The van der Waals surface area contributed by atoms with Crippen LogP contribution in [0.2, 0.25) is 10.0 Å². The summed E-state index contributed by atoms with van der Waals surface area (Å²) in [4.78, 5) is 35.0. The van der Waals surface area contributed by atoms with Crippen molar-refractivity contribution in [2.45, 2.75) is 0 Å². The van der Waals surface area contributed by atoms with Crippen LogP contribution in [0.1, 0.15) is 5.69 Å². The van der Waals surface area contributed by atoms with Crippen molar-refractivity contribution in [1.29, 1.82) is 0 Å². The first kappa shape index (κ1) is 16.1. The van der Waals surface area contributed by atoms with Crippen LogP contribution in [-0.4, -0.2) is 26.1 Å². The highest BCUT2D eigenvalue weighted by Crippen LogP contribution is 2.29. The second-order valence-electron chi connectivity index (χ2n) is 5.19. The molecule has 2 N–H and O–H groups in total. The number of hydrogen-bond acceptors (Lipinski definition) is 5. The fourth-order valence-electron chi connectivity index (χ4n) is 2.33. The number of H-pyrrole nitrogens is 1. The van der Waals surface area contributed by atoms with E-state index in [4.69, 9.17) is 23.2 Å². The maximum Gasteiger partial charge on any atom is 0.290 e. The zero-order valence-corrected chi connectivity index (χ0v) is 14.7. The zero-order valence-electron chi connectivity index (χ0n) is 12.3. The number of hydrogen-bond donors (Lipinski definition) is 2. The molecular weight excluding hydrogens is 383 g/mol. The smallest absolute Gasteiger partial charge is 0.290 e. The number of imide groups is 1. The quantitative estimate of drug-likeness (QED) is 0.638. The minimum atomic E-state index is -0.410. The maximum absolute atomic E-state index is 11.5. The van der Waals surface area contributed by atoms with Gasteiger partial charge in [0.1, 0.15) is 5.82 Å². The highest BCUT2D eigenvalue weighted by molar-refractivity contribution is 8.18. The maximum atomic E-state index is 11.5. The molecule has 0 aliphatic carbocycles. The molecule has 124 valence electrons. The lowest BCUT2D eigenvalue weighted by atomic mass is 10.2. The molecule has 2 amide bonds. The van der Waals surface area contributed by atoms with E-state index in [9.17, 15) is 9.59 Å². The molecule has 0 atom stereocenters. The van der Waals surface area contributed by atoms with Crippen molar-refractivity contribution in [2.75, 3.05) is 0 Å². The van der Waals surface area contributed by atoms with Crippen LogP contribution in [0.5, 0.6) is 0 Å². The summed E-state index contributed by atoms with van der Waals surface area (Å²) in [6.07, 6.45) is 3.19. The number of aromatic nitrogens is 3. The average Bonchev–Trinajstić information content (AvgIpc) is 3.11. The predicted molar refractivity (Wildman–Crippen MR) is 98.5 cm³/mol. The number of imidazole rings is 1. The van der Waals surface area contributed by atoms with Gasteiger partial charge in [0.15, 0.2) is 0 Å². The van der Waals surface area contributed by atoms with Crippen LogP contribution in [0.4, 0.5) is 4.79 Å². The van der Waals surface area contributed by atoms with Gasteiger partial charge in [0.05, 0.1) is 31.7 Å². The average molecular weight is 391 g/mol. The lowest BCUT2D eigenvalue weighted by Crippen LogP contribution is -2.17. The molecule has 1 aliphatic rings. The Labute approximate surface area is 155 Å². The highest BCUT2D eigenvalue weighted by atomic mass is 35.5. The van der Waals surface area contributed by atoms with Gasteiger partial charge in [-0.25, -0.2) is 4.98 Å². The SMILES string of the molecule is O=C1NC(=O)C(=Cc2ccc(-c3nc4cc(Cl)c(Cl)cc4[nH]3)cn2)S1. The topological polar surface area (TPSA) is 87.7 Å². The monoisotopic (exact) mass is 390 g/mol. The molecule has 1 aliphatic heterocycles. The van der Waals surface area contributed by atoms with Crippen LogP contribution < -0.4 is 5.32 Å². The van der Waals surface area contributed by atoms with Crippen LogP contribution >= 0.6 is 35.0 Å². The van der Waals surface area contributed by atoms with Gasteiger partial charge in [0.25, 0.3) is 11.1 Å². The van der Waals surface area contributed by atoms with Crippen LogP contribution in [0.15, 0.2) is 35.4 Å². The summed E-state index contributed by atoms with van der Waals surface area (Å²) < 4.78 is 0. The molecule has 1 fully saturated rings. The molecule has 0 unspecified atom stereocenters. The zero-order chi connectivity index (χ0) is 17.6. The van der Waals surface area contributed by atoms with Gasteiger partial charge in [0, 0.05) is 11.8 Å². The second kappa shape index (κ2) is 6.18. The van der Waals surface area contributed by atoms with Gasteiger partial charge in [-0.05, 0) is 42.1 Å². The van der Waals surface area contributed by atoms with Gasteiger partial charge in [-0.2, -0.15) is 0 Å². The van der Waals surface area contributed by atoms with Crippen LogP contribution in [-0.2, 0) is 4.79 Å². The summed E-state index contributed by atoms with van der Waals surface area (Å²) >= 11 is 12.9. The summed E-state index contributed by atoms with van der Waals surface area (Å²) in [5.74, 6) is 0.218. The molecule has 0 bridgehead atoms. The fraction of sp³-hybridized carbons (Fsp3) is 0. The molecular formula is C16H8Cl2N4O2S. The lowest BCUT2D eigenvalue weighted by Gasteiger charge is -1.98. The Morgan fingerprint density at radius 1 is 1.12 bits per heavy atom. The Morgan fingerprint density at radius 3 is 2.60 bits per heavy atom. The van der Waals surface area contributed by atoms with Gasteiger partial charge < -0.3 is 4.98 Å². The van der Waals surface area contributed by atoms with E-state index in [-0.39, 0.29) is 5.24 Å². The molecule has 1 aromatic carbocycles. The number of pyridine rings is 1. The van der Waals surface area contributed by atoms with Crippen LogP contribution in [0.3, 0.4) is 0 Å². The molecule has 1 saturated heterocycles. The van der Waals surface area contributed by atoms with Crippen molar-refractivity contribution < 1.29 is 9.59 Å². The van der Waals surface area contributed by atoms with E-state index in [0.29, 0.717) is 32.0 Å². The minimum Gasteiger partial charge on any atom is -0.338 e. The molecule has 0 saturated carbocycles. The first-order valence-corrected chi connectivity index (χ1v) is 8.63. The van der Waals surface area contributed by atoms with Crippen molar-refractivity contribution in [3.05, 3.63) is 51.1 Å². The number of aromatic amines is 1. The summed E-state index contributed by atoms with van der Waals surface area (Å²) in [6.45, 7) is 0. The molecule has 4 rings (SSSR count). The number of fused-ring (bicyclic) bond motifs is 1. The first-order valence-electron chi connectivity index (χ1n) is 7.05. The second-order valence-corrected chi connectivity index (χ2v) is 7.02. The lowest BCUT2D eigenvalue weighted by molar-refractivity contribution is -0.115. The standard InChI is InChI=1S/C16H8Cl2N4O2S/c17-9-4-11-12(5-10(9)18)21-14(20-11)7-1-2-8(19-6-7)3-13-15(23)22-16(24)25-13/h1-6H,(H,20,21)(H,22,23,24). The third kappa shape index (κ3) is 3.13. The Hall–Kier alpha value is -2.35. The Bertz CT molecular complexity index is 1020. The summed E-state index contributed by atoms with van der Waals surface area (Å²) in [7, 11) is 0. The van der Waals surface area contributed by atoms with Gasteiger partial charge in [-0.3, -0.25) is 19.9 Å². The number of carbonyl (C=O) groups is 2. The predicted octanol–water partition coefficient (Wildman–Crippen LogP) is 4.26. The number of nitrogens with one attached hydrogen (secondary N) is 2. The summed E-state index contributed by atoms with van der Waals surface area (Å²) in [6, 6.07) is 6.97. The first-order chi connectivity index (χ1) is 12.0. The number of rotatable bonds is 2. The minimum absolute atomic E-state index is 0.318. The van der Waals surface area contributed by atoms with E-state index in [1.54, 1.807) is 30.5 Å². The molecule has 6 nitrogen and oxygen atoms in total. The van der Waals surface area contributed by atoms with Crippen molar-refractivity contribution in [3.63, 3.8) is 0 Å². The summed E-state index contributed by atoms with van der Waals surface area (Å²) in [5.41, 5.74) is 2.81. The number of halogens is 2. The number of thioether (sulfide) groups is 1. The van der Waals surface area contributed by atoms with E-state index in [1.807, 2.05) is 6.07 Å². The summed E-state index contributed by atoms with van der Waals surface area (Å²) in [5, 5.41) is 2.71. The molecule has 2 aromatic heterocycles. The van der Waals surface area contributed by atoms with E-state index in [2.05, 4.69) is 20.3 Å². The van der Waals surface area contributed by atoms with Gasteiger partial charge in [-0.15, -0.1) is 0 Å². The van der Waals surface area contributed by atoms with Crippen molar-refractivity contribution in [2.24, 2.45) is 0 Å². The normalized spacial score (nSPS) is 16.0. The molecule has 25 heavy (non-hydrogen) atoms. The van der Waals surface area contributed by atoms with Crippen molar-refractivity contribution in [3.8, 4) is 11.4 Å². The number of benzene rings is 1. The Kier molecular flexibility index (Phi) is 3.99.